The van der Waals surface area contributed by atoms with E-state index in [1.807, 2.05) is 24.3 Å². The lowest BCUT2D eigenvalue weighted by Crippen LogP contribution is -2.46. The van der Waals surface area contributed by atoms with Gasteiger partial charge in [0.15, 0.2) is 11.5 Å². The highest BCUT2D eigenvalue weighted by atomic mass is 19.1. The third-order valence-electron chi connectivity index (χ3n) is 5.88. The maximum atomic E-state index is 13.3. The van der Waals surface area contributed by atoms with Crippen molar-refractivity contribution in [2.75, 3.05) is 44.3 Å². The number of halogens is 1. The van der Waals surface area contributed by atoms with E-state index < -0.39 is 0 Å². The molecule has 0 atom stereocenters. The standard InChI is InChI=1S/C25H25FN2O3/c26-20-7-5-19(6-8-20)21-16-18(4-9-23(21)29)17-27-10-12-28(13-11-27)22-2-1-3-24-25(22)31-15-14-30-24/h1-9,16,29H,10-15,17H2. The van der Waals surface area contributed by atoms with Gasteiger partial charge in [-0.1, -0.05) is 24.3 Å². The molecule has 2 aliphatic heterocycles. The number of para-hydroxylation sites is 1. The lowest BCUT2D eigenvalue weighted by Gasteiger charge is -2.37. The van der Waals surface area contributed by atoms with Gasteiger partial charge in [0.25, 0.3) is 0 Å². The molecule has 2 heterocycles. The zero-order chi connectivity index (χ0) is 21.2. The van der Waals surface area contributed by atoms with Gasteiger partial charge >= 0.3 is 0 Å². The van der Waals surface area contributed by atoms with E-state index in [9.17, 15) is 9.50 Å². The molecular weight excluding hydrogens is 395 g/mol. The summed E-state index contributed by atoms with van der Waals surface area (Å²) < 4.78 is 24.8. The fourth-order valence-electron chi connectivity index (χ4n) is 4.25. The monoisotopic (exact) mass is 420 g/mol. The van der Waals surface area contributed by atoms with Gasteiger partial charge in [-0.05, 0) is 47.5 Å². The molecule has 3 aromatic carbocycles. The van der Waals surface area contributed by atoms with Gasteiger partial charge in [-0.3, -0.25) is 4.90 Å². The van der Waals surface area contributed by atoms with Crippen molar-refractivity contribution in [3.05, 3.63) is 72.0 Å². The van der Waals surface area contributed by atoms with E-state index in [1.54, 1.807) is 18.2 Å². The molecule has 0 aromatic heterocycles. The van der Waals surface area contributed by atoms with Crippen molar-refractivity contribution >= 4 is 5.69 Å². The van der Waals surface area contributed by atoms with Crippen LogP contribution in [0.25, 0.3) is 11.1 Å². The summed E-state index contributed by atoms with van der Waals surface area (Å²) in [5, 5.41) is 10.3. The molecule has 2 aliphatic rings. The third-order valence-corrected chi connectivity index (χ3v) is 5.88. The highest BCUT2D eigenvalue weighted by molar-refractivity contribution is 5.70. The Balaban J connectivity index is 1.26. The number of fused-ring (bicyclic) bond motifs is 1. The second-order valence-corrected chi connectivity index (χ2v) is 7.92. The zero-order valence-corrected chi connectivity index (χ0v) is 17.3. The van der Waals surface area contributed by atoms with Gasteiger partial charge in [-0.15, -0.1) is 0 Å². The van der Waals surface area contributed by atoms with Crippen molar-refractivity contribution in [1.82, 2.24) is 4.90 Å². The largest absolute Gasteiger partial charge is 0.507 e. The molecule has 6 heteroatoms. The van der Waals surface area contributed by atoms with Crippen LogP contribution in [0.15, 0.2) is 60.7 Å². The van der Waals surface area contributed by atoms with Crippen molar-refractivity contribution in [2.45, 2.75) is 6.54 Å². The second kappa shape index (κ2) is 8.47. The van der Waals surface area contributed by atoms with Crippen LogP contribution in [0, 0.1) is 5.82 Å². The minimum Gasteiger partial charge on any atom is -0.507 e. The van der Waals surface area contributed by atoms with Crippen molar-refractivity contribution in [3.63, 3.8) is 0 Å². The summed E-state index contributed by atoms with van der Waals surface area (Å²) in [6.45, 7) is 5.65. The topological polar surface area (TPSA) is 45.2 Å². The van der Waals surface area contributed by atoms with Crippen LogP contribution in [0.4, 0.5) is 10.1 Å². The SMILES string of the molecule is Oc1ccc(CN2CCN(c3cccc4c3OCCO4)CC2)cc1-c1ccc(F)cc1. The Morgan fingerprint density at radius 2 is 1.65 bits per heavy atom. The number of rotatable bonds is 4. The van der Waals surface area contributed by atoms with Gasteiger partial charge in [-0.2, -0.15) is 0 Å². The number of anilines is 1. The Bertz CT molecular complexity index is 1060. The van der Waals surface area contributed by atoms with E-state index in [0.29, 0.717) is 13.2 Å². The Morgan fingerprint density at radius 1 is 0.871 bits per heavy atom. The first-order chi connectivity index (χ1) is 15.2. The summed E-state index contributed by atoms with van der Waals surface area (Å²) >= 11 is 0. The maximum absolute atomic E-state index is 13.3. The van der Waals surface area contributed by atoms with E-state index in [2.05, 4.69) is 15.9 Å². The van der Waals surface area contributed by atoms with Crippen molar-refractivity contribution < 1.29 is 19.0 Å². The van der Waals surface area contributed by atoms with Gasteiger partial charge in [-0.25, -0.2) is 4.39 Å². The van der Waals surface area contributed by atoms with Gasteiger partial charge < -0.3 is 19.5 Å². The molecule has 1 saturated heterocycles. The number of piperazine rings is 1. The first kappa shape index (κ1) is 19.7. The molecule has 31 heavy (non-hydrogen) atoms. The first-order valence-corrected chi connectivity index (χ1v) is 10.6. The lowest BCUT2D eigenvalue weighted by atomic mass is 10.0. The predicted octanol–water partition coefficient (Wildman–Crippen LogP) is 4.29. The van der Waals surface area contributed by atoms with Gasteiger partial charge in [0, 0.05) is 38.3 Å². The van der Waals surface area contributed by atoms with E-state index in [0.717, 1.165) is 66.6 Å². The smallest absolute Gasteiger partial charge is 0.184 e. The van der Waals surface area contributed by atoms with E-state index in [1.165, 1.54) is 12.1 Å². The summed E-state index contributed by atoms with van der Waals surface area (Å²) in [7, 11) is 0. The number of phenolic OH excluding ortho intramolecular Hbond substituents is 1. The highest BCUT2D eigenvalue weighted by Crippen LogP contribution is 2.40. The van der Waals surface area contributed by atoms with Crippen molar-refractivity contribution in [1.29, 1.82) is 0 Å². The number of aromatic hydroxyl groups is 1. The Hall–Kier alpha value is -3.25. The van der Waals surface area contributed by atoms with E-state index in [4.69, 9.17) is 9.47 Å². The number of hydrogen-bond donors (Lipinski definition) is 1. The van der Waals surface area contributed by atoms with Crippen LogP contribution >= 0.6 is 0 Å². The van der Waals surface area contributed by atoms with Crippen molar-refractivity contribution in [3.8, 4) is 28.4 Å². The first-order valence-electron chi connectivity index (χ1n) is 10.6. The molecule has 0 saturated carbocycles. The molecule has 0 aliphatic carbocycles. The number of hydrogen-bond acceptors (Lipinski definition) is 5. The number of phenols is 1. The average Bonchev–Trinajstić information content (AvgIpc) is 2.81. The van der Waals surface area contributed by atoms with Gasteiger partial charge in [0.1, 0.15) is 24.8 Å². The zero-order valence-electron chi connectivity index (χ0n) is 17.3. The molecule has 0 amide bonds. The molecule has 0 unspecified atom stereocenters. The molecule has 0 radical (unpaired) electrons. The molecule has 3 aromatic rings. The number of benzene rings is 3. The summed E-state index contributed by atoms with van der Waals surface area (Å²) in [6.07, 6.45) is 0. The number of nitrogens with zero attached hydrogens (tertiary/aromatic N) is 2. The fraction of sp³-hybridized carbons (Fsp3) is 0.280. The molecule has 160 valence electrons. The minimum absolute atomic E-state index is 0.205. The van der Waals surface area contributed by atoms with E-state index in [-0.39, 0.29) is 11.6 Å². The average molecular weight is 420 g/mol. The van der Waals surface area contributed by atoms with Crippen LogP contribution in [-0.2, 0) is 6.54 Å². The summed E-state index contributed by atoms with van der Waals surface area (Å²) in [5.41, 5.74) is 3.75. The fourth-order valence-corrected chi connectivity index (χ4v) is 4.25. The summed E-state index contributed by atoms with van der Waals surface area (Å²) in [6, 6.07) is 17.9. The summed E-state index contributed by atoms with van der Waals surface area (Å²) in [4.78, 5) is 4.76. The van der Waals surface area contributed by atoms with Crippen LogP contribution in [0.1, 0.15) is 5.56 Å². The van der Waals surface area contributed by atoms with Crippen LogP contribution in [-0.4, -0.2) is 49.4 Å². The van der Waals surface area contributed by atoms with Crippen molar-refractivity contribution in [2.24, 2.45) is 0 Å². The Labute approximate surface area is 181 Å². The molecule has 0 spiro atoms. The molecule has 5 nitrogen and oxygen atoms in total. The lowest BCUT2D eigenvalue weighted by molar-refractivity contribution is 0.171. The van der Waals surface area contributed by atoms with Crippen LogP contribution < -0.4 is 14.4 Å². The Morgan fingerprint density at radius 3 is 2.45 bits per heavy atom. The highest BCUT2D eigenvalue weighted by Gasteiger charge is 2.23. The van der Waals surface area contributed by atoms with Crippen LogP contribution in [0.3, 0.4) is 0 Å². The van der Waals surface area contributed by atoms with Crippen LogP contribution in [0.5, 0.6) is 17.2 Å². The minimum atomic E-state index is -0.283. The summed E-state index contributed by atoms with van der Waals surface area (Å²) in [5.74, 6) is 1.60. The number of ether oxygens (including phenoxy) is 2. The predicted molar refractivity (Wildman–Crippen MR) is 118 cm³/mol. The quantitative estimate of drug-likeness (QED) is 0.682. The van der Waals surface area contributed by atoms with Crippen LogP contribution in [0.2, 0.25) is 0 Å². The van der Waals surface area contributed by atoms with Gasteiger partial charge in [0.05, 0.1) is 5.69 Å². The molecule has 1 N–H and O–H groups in total. The molecular formula is C25H25FN2O3. The normalized spacial score (nSPS) is 16.4. The van der Waals surface area contributed by atoms with E-state index >= 15 is 0 Å². The maximum Gasteiger partial charge on any atom is 0.184 e. The molecule has 5 rings (SSSR count). The van der Waals surface area contributed by atoms with Gasteiger partial charge in [0.2, 0.25) is 0 Å². The second-order valence-electron chi connectivity index (χ2n) is 7.92. The Kier molecular flexibility index (Phi) is 5.38. The molecule has 0 bridgehead atoms. The molecule has 1 fully saturated rings. The third kappa shape index (κ3) is 4.16.